The summed E-state index contributed by atoms with van der Waals surface area (Å²) in [5.74, 6) is -0.488. The van der Waals surface area contributed by atoms with Gasteiger partial charge in [0.05, 0.1) is 18.8 Å². The summed E-state index contributed by atoms with van der Waals surface area (Å²) in [6.45, 7) is 8.16. The van der Waals surface area contributed by atoms with E-state index < -0.39 is 5.82 Å². The highest BCUT2D eigenvalue weighted by atomic mass is 19.1. The van der Waals surface area contributed by atoms with E-state index in [1.165, 1.54) is 19.2 Å². The molecular weight excluding hydrogens is 271 g/mol. The number of phenols is 1. The molecule has 0 aromatic heterocycles. The Morgan fingerprint density at radius 2 is 2.29 bits per heavy atom. The van der Waals surface area contributed by atoms with Gasteiger partial charge in [-0.2, -0.15) is 0 Å². The summed E-state index contributed by atoms with van der Waals surface area (Å²) in [4.78, 5) is 4.33. The van der Waals surface area contributed by atoms with Gasteiger partial charge in [0.2, 0.25) is 0 Å². The number of phenolic OH excluding ortho intramolecular Hbond substituents is 1. The second-order valence-corrected chi connectivity index (χ2v) is 5.28. The molecule has 0 amide bonds. The van der Waals surface area contributed by atoms with Crippen LogP contribution in [0.15, 0.2) is 18.7 Å². The molecule has 0 bridgehead atoms. The maximum Gasteiger partial charge on any atom is 0.167 e. The van der Waals surface area contributed by atoms with Crippen molar-refractivity contribution in [1.29, 1.82) is 0 Å². The second-order valence-electron chi connectivity index (χ2n) is 5.28. The second kappa shape index (κ2) is 6.35. The Hall–Kier alpha value is -1.75. The first kappa shape index (κ1) is 15.6. The molecule has 0 radical (unpaired) electrons. The number of nitrogens with zero attached hydrogens (tertiary/aromatic N) is 2. The molecule has 1 saturated heterocycles. The molecule has 21 heavy (non-hydrogen) atoms. The summed E-state index contributed by atoms with van der Waals surface area (Å²) in [5.41, 5.74) is 0.886. The number of ether oxygens (including phenoxy) is 1. The van der Waals surface area contributed by atoms with Crippen molar-refractivity contribution in [3.05, 3.63) is 30.1 Å². The minimum Gasteiger partial charge on any atom is -0.507 e. The van der Waals surface area contributed by atoms with Crippen molar-refractivity contribution in [2.24, 2.45) is 0 Å². The number of likely N-dealkylation sites (tertiary alicyclic amines) is 1. The highest BCUT2D eigenvalue weighted by Crippen LogP contribution is 2.38. The standard InChI is InChI=1S/C16H23FN2O2/c1-5-19-10-6-7-14(19)18(3)11(2)15-13(20)9-8-12(17)16(15)21-4/h8-9,14,20H,2,5-7,10H2,1,3-4H3. The number of methoxy groups -OCH3 is 1. The van der Waals surface area contributed by atoms with Crippen LogP contribution in [-0.4, -0.2) is 48.3 Å². The van der Waals surface area contributed by atoms with Crippen LogP contribution >= 0.6 is 0 Å². The summed E-state index contributed by atoms with van der Waals surface area (Å²) >= 11 is 0. The maximum absolute atomic E-state index is 13.9. The van der Waals surface area contributed by atoms with Gasteiger partial charge in [-0.3, -0.25) is 4.90 Å². The Morgan fingerprint density at radius 1 is 1.57 bits per heavy atom. The molecule has 1 heterocycles. The number of benzene rings is 1. The molecule has 1 aliphatic rings. The molecule has 1 aromatic rings. The average molecular weight is 294 g/mol. The van der Waals surface area contributed by atoms with Crippen LogP contribution in [0.1, 0.15) is 25.3 Å². The fourth-order valence-electron chi connectivity index (χ4n) is 3.00. The van der Waals surface area contributed by atoms with Crippen molar-refractivity contribution in [1.82, 2.24) is 9.80 Å². The van der Waals surface area contributed by atoms with Crippen molar-refractivity contribution in [3.8, 4) is 11.5 Å². The lowest BCUT2D eigenvalue weighted by atomic mass is 10.1. The highest BCUT2D eigenvalue weighted by molar-refractivity contribution is 5.73. The van der Waals surface area contributed by atoms with E-state index >= 15 is 0 Å². The van der Waals surface area contributed by atoms with E-state index in [9.17, 15) is 9.50 Å². The molecule has 0 saturated carbocycles. The van der Waals surface area contributed by atoms with E-state index in [4.69, 9.17) is 4.74 Å². The summed E-state index contributed by atoms with van der Waals surface area (Å²) in [6.07, 6.45) is 2.37. The van der Waals surface area contributed by atoms with Gasteiger partial charge in [-0.1, -0.05) is 13.5 Å². The van der Waals surface area contributed by atoms with Crippen LogP contribution in [0.5, 0.6) is 11.5 Å². The molecular formula is C16H23FN2O2. The van der Waals surface area contributed by atoms with Crippen LogP contribution in [0.25, 0.3) is 5.70 Å². The molecule has 0 aliphatic carbocycles. The number of hydrogen-bond acceptors (Lipinski definition) is 4. The van der Waals surface area contributed by atoms with Gasteiger partial charge in [0.25, 0.3) is 0 Å². The zero-order valence-electron chi connectivity index (χ0n) is 12.9. The van der Waals surface area contributed by atoms with E-state index in [1.807, 2.05) is 11.9 Å². The molecule has 1 aliphatic heterocycles. The molecule has 1 aromatic carbocycles. The molecule has 116 valence electrons. The first-order valence-electron chi connectivity index (χ1n) is 7.22. The Kier molecular flexibility index (Phi) is 4.73. The number of aromatic hydroxyl groups is 1. The third-order valence-electron chi connectivity index (χ3n) is 4.19. The van der Waals surface area contributed by atoms with Gasteiger partial charge < -0.3 is 14.7 Å². The molecule has 1 N–H and O–H groups in total. The minimum absolute atomic E-state index is 0.0221. The molecule has 1 fully saturated rings. The van der Waals surface area contributed by atoms with Crippen LogP contribution < -0.4 is 4.74 Å². The topological polar surface area (TPSA) is 35.9 Å². The average Bonchev–Trinajstić information content (AvgIpc) is 2.96. The quantitative estimate of drug-likeness (QED) is 0.906. The van der Waals surface area contributed by atoms with Crippen molar-refractivity contribution >= 4 is 5.70 Å². The van der Waals surface area contributed by atoms with Gasteiger partial charge in [0, 0.05) is 19.3 Å². The Labute approximate surface area is 125 Å². The van der Waals surface area contributed by atoms with Gasteiger partial charge in [-0.05, 0) is 31.5 Å². The third kappa shape index (κ3) is 2.83. The lowest BCUT2D eigenvalue weighted by Crippen LogP contribution is -2.41. The van der Waals surface area contributed by atoms with E-state index in [2.05, 4.69) is 18.4 Å². The van der Waals surface area contributed by atoms with Crippen molar-refractivity contribution in [3.63, 3.8) is 0 Å². The van der Waals surface area contributed by atoms with Crippen LogP contribution in [0.3, 0.4) is 0 Å². The van der Waals surface area contributed by atoms with Crippen molar-refractivity contribution in [2.45, 2.75) is 25.9 Å². The summed E-state index contributed by atoms with van der Waals surface area (Å²) in [6, 6.07) is 2.53. The fourth-order valence-corrected chi connectivity index (χ4v) is 3.00. The molecule has 1 atom stereocenters. The third-order valence-corrected chi connectivity index (χ3v) is 4.19. The number of halogens is 1. The number of rotatable bonds is 5. The molecule has 2 rings (SSSR count). The van der Waals surface area contributed by atoms with Crippen LogP contribution in [0, 0.1) is 5.82 Å². The van der Waals surface area contributed by atoms with Gasteiger partial charge in [-0.15, -0.1) is 0 Å². The van der Waals surface area contributed by atoms with Crippen LogP contribution in [-0.2, 0) is 0 Å². The van der Waals surface area contributed by atoms with E-state index in [-0.39, 0.29) is 17.7 Å². The first-order chi connectivity index (χ1) is 10.0. The monoisotopic (exact) mass is 294 g/mol. The van der Waals surface area contributed by atoms with Crippen LogP contribution in [0.4, 0.5) is 4.39 Å². The van der Waals surface area contributed by atoms with Gasteiger partial charge >= 0.3 is 0 Å². The van der Waals surface area contributed by atoms with Crippen molar-refractivity contribution in [2.75, 3.05) is 27.2 Å². The maximum atomic E-state index is 13.9. The zero-order valence-corrected chi connectivity index (χ0v) is 12.9. The zero-order chi connectivity index (χ0) is 15.6. The summed E-state index contributed by atoms with van der Waals surface area (Å²) in [5, 5.41) is 10.1. The predicted octanol–water partition coefficient (Wildman–Crippen LogP) is 2.88. The van der Waals surface area contributed by atoms with Gasteiger partial charge in [0.15, 0.2) is 11.6 Å². The van der Waals surface area contributed by atoms with E-state index in [0.717, 1.165) is 25.9 Å². The largest absolute Gasteiger partial charge is 0.507 e. The summed E-state index contributed by atoms with van der Waals surface area (Å²) in [7, 11) is 3.31. The smallest absolute Gasteiger partial charge is 0.167 e. The molecule has 5 heteroatoms. The van der Waals surface area contributed by atoms with Crippen LogP contribution in [0.2, 0.25) is 0 Å². The SMILES string of the molecule is C=C(c1c(O)ccc(F)c1OC)N(C)C1CCCN1CC. The van der Waals surface area contributed by atoms with Gasteiger partial charge in [0.1, 0.15) is 5.75 Å². The molecule has 4 nitrogen and oxygen atoms in total. The Morgan fingerprint density at radius 3 is 2.90 bits per heavy atom. The fraction of sp³-hybridized carbons (Fsp3) is 0.500. The Balaban J connectivity index is 2.34. The molecule has 0 spiro atoms. The lowest BCUT2D eigenvalue weighted by Gasteiger charge is -2.35. The van der Waals surface area contributed by atoms with E-state index in [1.54, 1.807) is 0 Å². The molecule has 1 unspecified atom stereocenters. The predicted molar refractivity (Wildman–Crippen MR) is 81.7 cm³/mol. The number of hydrogen-bond donors (Lipinski definition) is 1. The van der Waals surface area contributed by atoms with E-state index in [0.29, 0.717) is 11.3 Å². The first-order valence-corrected chi connectivity index (χ1v) is 7.22. The lowest BCUT2D eigenvalue weighted by molar-refractivity contribution is 0.151. The minimum atomic E-state index is -0.501. The Bertz CT molecular complexity index is 533. The normalized spacial score (nSPS) is 18.8. The summed E-state index contributed by atoms with van der Waals surface area (Å²) < 4.78 is 19.0. The highest BCUT2D eigenvalue weighted by Gasteiger charge is 2.29. The van der Waals surface area contributed by atoms with Gasteiger partial charge in [-0.25, -0.2) is 4.39 Å². The van der Waals surface area contributed by atoms with Crippen molar-refractivity contribution < 1.29 is 14.2 Å².